The first-order valence-electron chi connectivity index (χ1n) is 7.75. The Bertz CT molecular complexity index is 787. The average Bonchev–Trinajstić information content (AvgIpc) is 2.54. The van der Waals surface area contributed by atoms with E-state index in [1.165, 1.54) is 13.1 Å². The van der Waals surface area contributed by atoms with Gasteiger partial charge in [0.05, 0.1) is 18.2 Å². The molecule has 2 rings (SSSR count). The van der Waals surface area contributed by atoms with Crippen molar-refractivity contribution in [1.82, 2.24) is 10.3 Å². The van der Waals surface area contributed by atoms with Crippen molar-refractivity contribution in [2.24, 2.45) is 5.73 Å². The number of nitrogens with two attached hydrogens (primary N) is 1. The van der Waals surface area contributed by atoms with Gasteiger partial charge in [-0.3, -0.25) is 14.4 Å². The number of anilines is 1. The normalized spacial score (nSPS) is 11.4. The van der Waals surface area contributed by atoms with Crippen LogP contribution in [0.15, 0.2) is 42.6 Å². The van der Waals surface area contributed by atoms with Gasteiger partial charge in [0.1, 0.15) is 0 Å². The molecule has 130 valence electrons. The number of nitrogens with one attached hydrogen (secondary N) is 2. The Balaban J connectivity index is 2.16. The first-order chi connectivity index (χ1) is 11.9. The summed E-state index contributed by atoms with van der Waals surface area (Å²) < 4.78 is 0. The molecule has 4 N–H and O–H groups in total. The summed E-state index contributed by atoms with van der Waals surface area (Å²) in [5.41, 5.74) is 7.38. The SMILES string of the molecule is CC(=O)N[C@H](CC(=O)Nc1cccnc1C(N)=O)c1ccc(C)cc1. The fourth-order valence-electron chi connectivity index (χ4n) is 2.39. The third kappa shape index (κ3) is 5.13. The van der Waals surface area contributed by atoms with Gasteiger partial charge in [0.15, 0.2) is 5.69 Å². The molecule has 25 heavy (non-hydrogen) atoms. The van der Waals surface area contributed by atoms with Crippen molar-refractivity contribution in [2.75, 3.05) is 5.32 Å². The van der Waals surface area contributed by atoms with Crippen LogP contribution in [0.4, 0.5) is 5.69 Å². The van der Waals surface area contributed by atoms with E-state index in [0.29, 0.717) is 0 Å². The van der Waals surface area contributed by atoms with Gasteiger partial charge in [-0.15, -0.1) is 0 Å². The summed E-state index contributed by atoms with van der Waals surface area (Å²) in [6.07, 6.45) is 1.43. The van der Waals surface area contributed by atoms with E-state index in [2.05, 4.69) is 15.6 Å². The number of hydrogen-bond donors (Lipinski definition) is 3. The molecule has 0 aliphatic carbocycles. The highest BCUT2D eigenvalue weighted by Crippen LogP contribution is 2.19. The van der Waals surface area contributed by atoms with E-state index < -0.39 is 11.9 Å². The van der Waals surface area contributed by atoms with Crippen LogP contribution in [-0.2, 0) is 9.59 Å². The second kappa shape index (κ2) is 8.05. The van der Waals surface area contributed by atoms with Crippen LogP contribution in [-0.4, -0.2) is 22.7 Å². The number of carbonyl (C=O) groups is 3. The molecule has 1 heterocycles. The van der Waals surface area contributed by atoms with E-state index in [-0.39, 0.29) is 29.6 Å². The Labute approximate surface area is 145 Å². The zero-order chi connectivity index (χ0) is 18.4. The smallest absolute Gasteiger partial charge is 0.269 e. The molecule has 0 spiro atoms. The second-order valence-electron chi connectivity index (χ2n) is 5.68. The Morgan fingerprint density at radius 1 is 1.16 bits per heavy atom. The third-order valence-electron chi connectivity index (χ3n) is 3.56. The van der Waals surface area contributed by atoms with E-state index in [9.17, 15) is 14.4 Å². The van der Waals surface area contributed by atoms with Crippen molar-refractivity contribution >= 4 is 23.4 Å². The molecule has 0 radical (unpaired) electrons. The van der Waals surface area contributed by atoms with Crippen molar-refractivity contribution in [2.45, 2.75) is 26.3 Å². The highest BCUT2D eigenvalue weighted by Gasteiger charge is 2.19. The number of aryl methyl sites for hydroxylation is 1. The van der Waals surface area contributed by atoms with Gasteiger partial charge in [-0.05, 0) is 24.6 Å². The minimum atomic E-state index is -0.729. The van der Waals surface area contributed by atoms with Gasteiger partial charge in [-0.2, -0.15) is 0 Å². The molecule has 1 atom stereocenters. The minimum Gasteiger partial charge on any atom is -0.364 e. The Kier molecular flexibility index (Phi) is 5.84. The van der Waals surface area contributed by atoms with Gasteiger partial charge in [-0.25, -0.2) is 4.98 Å². The summed E-state index contributed by atoms with van der Waals surface area (Å²) in [6.45, 7) is 3.35. The molecule has 3 amide bonds. The maximum Gasteiger partial charge on any atom is 0.269 e. The molecule has 0 bridgehead atoms. The number of benzene rings is 1. The molecule has 0 saturated carbocycles. The van der Waals surface area contributed by atoms with Crippen molar-refractivity contribution in [1.29, 1.82) is 0 Å². The fourth-order valence-corrected chi connectivity index (χ4v) is 2.39. The number of rotatable bonds is 6. The molecular weight excluding hydrogens is 320 g/mol. The molecule has 1 aromatic carbocycles. The molecular formula is C18H20N4O3. The Morgan fingerprint density at radius 3 is 2.44 bits per heavy atom. The molecule has 7 nitrogen and oxygen atoms in total. The van der Waals surface area contributed by atoms with Gasteiger partial charge in [-0.1, -0.05) is 29.8 Å². The molecule has 0 aliphatic rings. The summed E-state index contributed by atoms with van der Waals surface area (Å²) in [6, 6.07) is 10.2. The minimum absolute atomic E-state index is 0.00966. The van der Waals surface area contributed by atoms with Gasteiger partial charge < -0.3 is 16.4 Å². The number of amides is 3. The molecule has 0 fully saturated rings. The van der Waals surface area contributed by atoms with Gasteiger partial charge in [0, 0.05) is 13.1 Å². The van der Waals surface area contributed by atoms with E-state index in [4.69, 9.17) is 5.73 Å². The standard InChI is InChI=1S/C18H20N4O3/c1-11-5-7-13(8-6-11)15(21-12(2)23)10-16(24)22-14-4-3-9-20-17(14)18(19)25/h3-9,15H,10H2,1-2H3,(H2,19,25)(H,21,23)(H,22,24)/t15-/m1/s1. The van der Waals surface area contributed by atoms with Crippen LogP contribution in [0, 0.1) is 6.92 Å². The van der Waals surface area contributed by atoms with Crippen molar-refractivity contribution < 1.29 is 14.4 Å². The summed E-state index contributed by atoms with van der Waals surface area (Å²) in [5.74, 6) is -1.33. The first-order valence-corrected chi connectivity index (χ1v) is 7.75. The molecule has 2 aromatic rings. The van der Waals surface area contributed by atoms with Crippen LogP contribution in [0.2, 0.25) is 0 Å². The van der Waals surface area contributed by atoms with Crippen molar-refractivity contribution in [3.05, 3.63) is 59.4 Å². The summed E-state index contributed by atoms with van der Waals surface area (Å²) >= 11 is 0. The highest BCUT2D eigenvalue weighted by atomic mass is 16.2. The van der Waals surface area contributed by atoms with Crippen LogP contribution >= 0.6 is 0 Å². The van der Waals surface area contributed by atoms with Gasteiger partial charge in [0.25, 0.3) is 5.91 Å². The van der Waals surface area contributed by atoms with E-state index in [0.717, 1.165) is 11.1 Å². The molecule has 0 unspecified atom stereocenters. The topological polar surface area (TPSA) is 114 Å². The summed E-state index contributed by atoms with van der Waals surface area (Å²) in [5, 5.41) is 5.39. The fraction of sp³-hybridized carbons (Fsp3) is 0.222. The largest absolute Gasteiger partial charge is 0.364 e. The number of carbonyl (C=O) groups excluding carboxylic acids is 3. The number of aromatic nitrogens is 1. The average molecular weight is 340 g/mol. The van der Waals surface area contributed by atoms with Crippen LogP contribution in [0.1, 0.15) is 41.0 Å². The quantitative estimate of drug-likeness (QED) is 0.742. The lowest BCUT2D eigenvalue weighted by Gasteiger charge is -2.18. The lowest BCUT2D eigenvalue weighted by atomic mass is 10.0. The maximum atomic E-state index is 12.4. The Hall–Kier alpha value is -3.22. The lowest BCUT2D eigenvalue weighted by molar-refractivity contribution is -0.120. The van der Waals surface area contributed by atoms with E-state index >= 15 is 0 Å². The van der Waals surface area contributed by atoms with E-state index in [1.54, 1.807) is 12.1 Å². The maximum absolute atomic E-state index is 12.4. The summed E-state index contributed by atoms with van der Waals surface area (Å²) in [7, 11) is 0. The van der Waals surface area contributed by atoms with Crippen molar-refractivity contribution in [3.8, 4) is 0 Å². The first kappa shape index (κ1) is 18.1. The van der Waals surface area contributed by atoms with Gasteiger partial charge in [0.2, 0.25) is 11.8 Å². The van der Waals surface area contributed by atoms with Crippen LogP contribution in [0.3, 0.4) is 0 Å². The second-order valence-corrected chi connectivity index (χ2v) is 5.68. The highest BCUT2D eigenvalue weighted by molar-refractivity contribution is 6.01. The van der Waals surface area contributed by atoms with Crippen molar-refractivity contribution in [3.63, 3.8) is 0 Å². The number of hydrogen-bond acceptors (Lipinski definition) is 4. The zero-order valence-corrected chi connectivity index (χ0v) is 14.1. The third-order valence-corrected chi connectivity index (χ3v) is 3.56. The number of primary amides is 1. The van der Waals surface area contributed by atoms with Crippen LogP contribution < -0.4 is 16.4 Å². The zero-order valence-electron chi connectivity index (χ0n) is 14.1. The Morgan fingerprint density at radius 2 is 1.84 bits per heavy atom. The lowest BCUT2D eigenvalue weighted by Crippen LogP contribution is -2.30. The molecule has 1 aromatic heterocycles. The number of nitrogens with zero attached hydrogens (tertiary/aromatic N) is 1. The predicted octanol–water partition coefficient (Wildman–Crippen LogP) is 1.69. The molecule has 0 aliphatic heterocycles. The monoisotopic (exact) mass is 340 g/mol. The predicted molar refractivity (Wildman–Crippen MR) is 93.7 cm³/mol. The summed E-state index contributed by atoms with van der Waals surface area (Å²) in [4.78, 5) is 39.1. The van der Waals surface area contributed by atoms with Crippen LogP contribution in [0.25, 0.3) is 0 Å². The molecule has 0 saturated heterocycles. The van der Waals surface area contributed by atoms with Gasteiger partial charge >= 0.3 is 0 Å². The number of pyridine rings is 1. The molecule has 7 heteroatoms. The van der Waals surface area contributed by atoms with E-state index in [1.807, 2.05) is 31.2 Å². The van der Waals surface area contributed by atoms with Crippen LogP contribution in [0.5, 0.6) is 0 Å².